The van der Waals surface area contributed by atoms with Crippen LogP contribution < -0.4 is 5.32 Å². The molecule has 2 unspecified atom stereocenters. The lowest BCUT2D eigenvalue weighted by atomic mass is 9.94. The van der Waals surface area contributed by atoms with Gasteiger partial charge in [-0.25, -0.2) is 0 Å². The van der Waals surface area contributed by atoms with Crippen LogP contribution in [-0.2, 0) is 0 Å². The molecular formula is C18H25NS. The summed E-state index contributed by atoms with van der Waals surface area (Å²) in [6.07, 6.45) is 2.35. The fourth-order valence-electron chi connectivity index (χ4n) is 2.41. The van der Waals surface area contributed by atoms with E-state index < -0.39 is 0 Å². The van der Waals surface area contributed by atoms with Gasteiger partial charge < -0.3 is 5.32 Å². The molecule has 108 valence electrons. The van der Waals surface area contributed by atoms with Crippen LogP contribution in [0.5, 0.6) is 0 Å². The van der Waals surface area contributed by atoms with E-state index in [1.165, 1.54) is 23.1 Å². The summed E-state index contributed by atoms with van der Waals surface area (Å²) >= 11 is 1.77. The topological polar surface area (TPSA) is 12.0 Å². The first-order valence-corrected chi connectivity index (χ1v) is 8.55. The maximum absolute atomic E-state index is 3.66. The average molecular weight is 287 g/mol. The van der Waals surface area contributed by atoms with Crippen molar-refractivity contribution in [2.24, 2.45) is 0 Å². The van der Waals surface area contributed by atoms with Crippen molar-refractivity contribution < 1.29 is 0 Å². The van der Waals surface area contributed by atoms with Crippen molar-refractivity contribution in [2.45, 2.75) is 45.6 Å². The maximum atomic E-state index is 3.66. The molecule has 0 bridgehead atoms. The molecular weight excluding hydrogens is 262 g/mol. The summed E-state index contributed by atoms with van der Waals surface area (Å²) in [6.45, 7) is 7.80. The Balaban J connectivity index is 2.20. The highest BCUT2D eigenvalue weighted by molar-refractivity contribution is 7.08. The Morgan fingerprint density at radius 1 is 1.00 bits per heavy atom. The van der Waals surface area contributed by atoms with Gasteiger partial charge in [0.15, 0.2) is 0 Å². The number of hydrogen-bond acceptors (Lipinski definition) is 2. The second-order valence-corrected chi connectivity index (χ2v) is 6.20. The number of thiophene rings is 1. The van der Waals surface area contributed by atoms with Crippen LogP contribution in [0.15, 0.2) is 41.1 Å². The van der Waals surface area contributed by atoms with Crippen LogP contribution in [0, 0.1) is 0 Å². The van der Waals surface area contributed by atoms with Crippen molar-refractivity contribution in [3.05, 3.63) is 57.8 Å². The van der Waals surface area contributed by atoms with E-state index >= 15 is 0 Å². The predicted octanol–water partition coefficient (Wildman–Crippen LogP) is 5.35. The molecule has 2 atom stereocenters. The molecule has 1 aromatic heterocycles. The predicted molar refractivity (Wildman–Crippen MR) is 89.6 cm³/mol. The zero-order valence-corrected chi connectivity index (χ0v) is 13.5. The lowest BCUT2D eigenvalue weighted by Gasteiger charge is -2.19. The zero-order valence-electron chi connectivity index (χ0n) is 12.7. The largest absolute Gasteiger partial charge is 0.306 e. The molecule has 0 aliphatic rings. The van der Waals surface area contributed by atoms with Crippen molar-refractivity contribution in [2.75, 3.05) is 6.54 Å². The Hall–Kier alpha value is -1.12. The lowest BCUT2D eigenvalue weighted by molar-refractivity contribution is 0.599. The fourth-order valence-corrected chi connectivity index (χ4v) is 3.09. The smallest absolute Gasteiger partial charge is 0.0584 e. The molecule has 0 aliphatic heterocycles. The van der Waals surface area contributed by atoms with Crippen molar-refractivity contribution in [1.29, 1.82) is 0 Å². The van der Waals surface area contributed by atoms with Crippen LogP contribution in [0.4, 0.5) is 0 Å². The summed E-state index contributed by atoms with van der Waals surface area (Å²) < 4.78 is 0. The second-order valence-electron chi connectivity index (χ2n) is 5.42. The zero-order chi connectivity index (χ0) is 14.4. The first kappa shape index (κ1) is 15.3. The van der Waals surface area contributed by atoms with Crippen molar-refractivity contribution in [3.8, 4) is 0 Å². The van der Waals surface area contributed by atoms with E-state index in [4.69, 9.17) is 0 Å². The molecule has 0 saturated heterocycles. The Morgan fingerprint density at radius 3 is 2.25 bits per heavy atom. The molecule has 2 heteroatoms. The Labute approximate surface area is 127 Å². The minimum atomic E-state index is 0.326. The molecule has 2 rings (SSSR count). The third-order valence-electron chi connectivity index (χ3n) is 3.93. The standard InChI is InChI=1S/C18H25NS/c1-4-11-19-18(17-10-12-20-13-17)16-8-6-15(7-9-16)14(3)5-2/h6-10,12-14,18-19H,4-5,11H2,1-3H3. The highest BCUT2D eigenvalue weighted by Crippen LogP contribution is 2.26. The van der Waals surface area contributed by atoms with Crippen molar-refractivity contribution in [1.82, 2.24) is 5.32 Å². The van der Waals surface area contributed by atoms with Gasteiger partial charge in [-0.1, -0.05) is 45.0 Å². The van der Waals surface area contributed by atoms with Gasteiger partial charge in [-0.05, 0) is 58.8 Å². The first-order valence-electron chi connectivity index (χ1n) is 7.61. The Morgan fingerprint density at radius 2 is 1.70 bits per heavy atom. The van der Waals surface area contributed by atoms with E-state index in [0.29, 0.717) is 12.0 Å². The van der Waals surface area contributed by atoms with Gasteiger partial charge in [-0.15, -0.1) is 0 Å². The van der Waals surface area contributed by atoms with Gasteiger partial charge in [0.25, 0.3) is 0 Å². The molecule has 0 spiro atoms. The van der Waals surface area contributed by atoms with Gasteiger partial charge >= 0.3 is 0 Å². The third-order valence-corrected chi connectivity index (χ3v) is 4.63. The number of benzene rings is 1. The normalized spacial score (nSPS) is 14.2. The van der Waals surface area contributed by atoms with E-state index in [9.17, 15) is 0 Å². The Bertz CT molecular complexity index is 487. The summed E-state index contributed by atoms with van der Waals surface area (Å²) in [5.74, 6) is 0.646. The first-order chi connectivity index (χ1) is 9.76. The van der Waals surface area contributed by atoms with Crippen molar-refractivity contribution in [3.63, 3.8) is 0 Å². The molecule has 1 heterocycles. The van der Waals surface area contributed by atoms with E-state index in [0.717, 1.165) is 13.0 Å². The Kier molecular flexibility index (Phi) is 5.81. The van der Waals surface area contributed by atoms with Crippen LogP contribution in [0.1, 0.15) is 62.3 Å². The monoisotopic (exact) mass is 287 g/mol. The summed E-state index contributed by atoms with van der Waals surface area (Å²) in [4.78, 5) is 0. The minimum absolute atomic E-state index is 0.326. The van der Waals surface area contributed by atoms with Gasteiger partial charge in [0.1, 0.15) is 0 Å². The molecule has 2 aromatic rings. The van der Waals surface area contributed by atoms with Gasteiger partial charge in [-0.2, -0.15) is 11.3 Å². The number of hydrogen-bond donors (Lipinski definition) is 1. The van der Waals surface area contributed by atoms with E-state index in [2.05, 4.69) is 67.2 Å². The summed E-state index contributed by atoms with van der Waals surface area (Å²) in [6, 6.07) is 11.7. The van der Waals surface area contributed by atoms with Crippen LogP contribution in [-0.4, -0.2) is 6.54 Å². The molecule has 0 amide bonds. The SMILES string of the molecule is CCCNC(c1ccc(C(C)CC)cc1)c1ccsc1. The van der Waals surface area contributed by atoms with Gasteiger partial charge in [-0.3, -0.25) is 0 Å². The fraction of sp³-hybridized carbons (Fsp3) is 0.444. The highest BCUT2D eigenvalue weighted by atomic mass is 32.1. The van der Waals surface area contributed by atoms with Gasteiger partial charge in [0.2, 0.25) is 0 Å². The average Bonchev–Trinajstić information content (AvgIpc) is 3.01. The van der Waals surface area contributed by atoms with Gasteiger partial charge in [0.05, 0.1) is 6.04 Å². The second kappa shape index (κ2) is 7.61. The molecule has 0 aliphatic carbocycles. The molecule has 20 heavy (non-hydrogen) atoms. The minimum Gasteiger partial charge on any atom is -0.306 e. The van der Waals surface area contributed by atoms with E-state index in [-0.39, 0.29) is 0 Å². The molecule has 0 fully saturated rings. The highest BCUT2D eigenvalue weighted by Gasteiger charge is 2.14. The van der Waals surface area contributed by atoms with Crippen LogP contribution in [0.2, 0.25) is 0 Å². The van der Waals surface area contributed by atoms with Gasteiger partial charge in [0, 0.05) is 0 Å². The molecule has 0 saturated carbocycles. The third kappa shape index (κ3) is 3.71. The van der Waals surface area contributed by atoms with Crippen molar-refractivity contribution >= 4 is 11.3 Å². The molecule has 0 radical (unpaired) electrons. The molecule has 1 nitrogen and oxygen atoms in total. The van der Waals surface area contributed by atoms with E-state index in [1.807, 2.05) is 0 Å². The molecule has 1 N–H and O–H groups in total. The lowest BCUT2D eigenvalue weighted by Crippen LogP contribution is -2.22. The maximum Gasteiger partial charge on any atom is 0.0584 e. The number of nitrogens with one attached hydrogen (secondary N) is 1. The van der Waals surface area contributed by atoms with Crippen LogP contribution >= 0.6 is 11.3 Å². The summed E-state index contributed by atoms with van der Waals surface area (Å²) in [7, 11) is 0. The summed E-state index contributed by atoms with van der Waals surface area (Å²) in [5, 5.41) is 8.06. The quantitative estimate of drug-likeness (QED) is 0.723. The van der Waals surface area contributed by atoms with Crippen LogP contribution in [0.3, 0.4) is 0 Å². The number of rotatable bonds is 7. The summed E-state index contributed by atoms with van der Waals surface area (Å²) in [5.41, 5.74) is 4.18. The van der Waals surface area contributed by atoms with Crippen LogP contribution in [0.25, 0.3) is 0 Å². The van der Waals surface area contributed by atoms with E-state index in [1.54, 1.807) is 11.3 Å². The molecule has 1 aromatic carbocycles.